The van der Waals surface area contributed by atoms with E-state index < -0.39 is 23.1 Å². The van der Waals surface area contributed by atoms with Crippen molar-refractivity contribution in [2.75, 3.05) is 19.7 Å². The van der Waals surface area contributed by atoms with Gasteiger partial charge in [-0.05, 0) is 40.0 Å². The standard InChI is InChI=1S/C14H23NO5/c1-13(2,3)20-12(18)15-7-6-14(9-15,11(16)17)10-5-4-8-19-10/h10H,4-9H2,1-3H3,(H,16,17). The van der Waals surface area contributed by atoms with Crippen LogP contribution in [0, 0.1) is 5.41 Å². The molecule has 2 heterocycles. The number of likely N-dealkylation sites (tertiary alicyclic amines) is 1. The van der Waals surface area contributed by atoms with Crippen molar-refractivity contribution in [3.8, 4) is 0 Å². The summed E-state index contributed by atoms with van der Waals surface area (Å²) in [7, 11) is 0. The van der Waals surface area contributed by atoms with E-state index in [-0.39, 0.29) is 12.6 Å². The van der Waals surface area contributed by atoms with Crippen LogP contribution in [0.3, 0.4) is 0 Å². The van der Waals surface area contributed by atoms with Gasteiger partial charge in [-0.3, -0.25) is 4.79 Å². The first kappa shape index (κ1) is 15.1. The lowest BCUT2D eigenvalue weighted by molar-refractivity contribution is -0.156. The highest BCUT2D eigenvalue weighted by molar-refractivity contribution is 5.78. The number of carboxylic acids is 1. The lowest BCUT2D eigenvalue weighted by Gasteiger charge is -2.30. The van der Waals surface area contributed by atoms with Crippen LogP contribution >= 0.6 is 0 Å². The number of hydrogen-bond acceptors (Lipinski definition) is 4. The fraction of sp³-hybridized carbons (Fsp3) is 0.857. The Kier molecular flexibility index (Phi) is 3.95. The average molecular weight is 285 g/mol. The maximum absolute atomic E-state index is 12.1. The highest BCUT2D eigenvalue weighted by Crippen LogP contribution is 2.40. The van der Waals surface area contributed by atoms with E-state index >= 15 is 0 Å². The maximum atomic E-state index is 12.1. The van der Waals surface area contributed by atoms with Gasteiger partial charge in [-0.2, -0.15) is 0 Å². The van der Waals surface area contributed by atoms with Crippen LogP contribution in [0.5, 0.6) is 0 Å². The van der Waals surface area contributed by atoms with Crippen molar-refractivity contribution in [1.82, 2.24) is 4.90 Å². The zero-order valence-corrected chi connectivity index (χ0v) is 12.3. The smallest absolute Gasteiger partial charge is 0.410 e. The lowest BCUT2D eigenvalue weighted by Crippen LogP contribution is -2.46. The Labute approximate surface area is 119 Å². The van der Waals surface area contributed by atoms with Gasteiger partial charge in [0.2, 0.25) is 0 Å². The Morgan fingerprint density at radius 1 is 1.40 bits per heavy atom. The molecule has 1 N–H and O–H groups in total. The van der Waals surface area contributed by atoms with Gasteiger partial charge in [0.05, 0.1) is 6.10 Å². The van der Waals surface area contributed by atoms with Crippen molar-refractivity contribution < 1.29 is 24.2 Å². The third kappa shape index (κ3) is 2.90. The number of carboxylic acid groups (broad SMARTS) is 1. The molecule has 1 amide bonds. The number of aliphatic carboxylic acids is 1. The van der Waals surface area contributed by atoms with Gasteiger partial charge >= 0.3 is 12.1 Å². The number of carbonyl (C=O) groups is 2. The molecule has 0 aromatic carbocycles. The monoisotopic (exact) mass is 285 g/mol. The third-order valence-electron chi connectivity index (χ3n) is 3.92. The van der Waals surface area contributed by atoms with Gasteiger partial charge in [-0.25, -0.2) is 4.79 Å². The van der Waals surface area contributed by atoms with E-state index in [1.54, 1.807) is 20.8 Å². The second-order valence-corrected chi connectivity index (χ2v) is 6.61. The summed E-state index contributed by atoms with van der Waals surface area (Å²) < 4.78 is 10.9. The zero-order chi connectivity index (χ0) is 15.0. The lowest BCUT2D eigenvalue weighted by atomic mass is 9.80. The van der Waals surface area contributed by atoms with Crippen LogP contribution in [0.2, 0.25) is 0 Å². The van der Waals surface area contributed by atoms with Crippen LogP contribution in [-0.4, -0.2) is 53.5 Å². The van der Waals surface area contributed by atoms with Gasteiger partial charge < -0.3 is 19.5 Å². The SMILES string of the molecule is CC(C)(C)OC(=O)N1CCC(C(=O)O)(C2CCCO2)C1. The van der Waals surface area contributed by atoms with Crippen LogP contribution in [0.15, 0.2) is 0 Å². The Bertz CT molecular complexity index is 397. The van der Waals surface area contributed by atoms with E-state index in [2.05, 4.69) is 0 Å². The normalized spacial score (nSPS) is 30.6. The van der Waals surface area contributed by atoms with Gasteiger partial charge in [-0.15, -0.1) is 0 Å². The summed E-state index contributed by atoms with van der Waals surface area (Å²) in [5, 5.41) is 9.60. The van der Waals surface area contributed by atoms with Gasteiger partial charge in [0.15, 0.2) is 0 Å². The summed E-state index contributed by atoms with van der Waals surface area (Å²) in [6, 6.07) is 0. The topological polar surface area (TPSA) is 76.1 Å². The first-order valence-corrected chi connectivity index (χ1v) is 7.07. The molecule has 2 atom stereocenters. The number of ether oxygens (including phenoxy) is 2. The Balaban J connectivity index is 2.08. The molecular formula is C14H23NO5. The second kappa shape index (κ2) is 5.24. The van der Waals surface area contributed by atoms with E-state index in [4.69, 9.17) is 9.47 Å². The molecule has 2 fully saturated rings. The molecule has 0 saturated carbocycles. The number of rotatable bonds is 2. The molecule has 2 saturated heterocycles. The minimum Gasteiger partial charge on any atom is -0.481 e. The van der Waals surface area contributed by atoms with E-state index in [0.29, 0.717) is 19.6 Å². The summed E-state index contributed by atoms with van der Waals surface area (Å²) in [6.07, 6.45) is 1.30. The average Bonchev–Trinajstić information content (AvgIpc) is 2.97. The van der Waals surface area contributed by atoms with Crippen molar-refractivity contribution in [2.24, 2.45) is 5.41 Å². The summed E-state index contributed by atoms with van der Waals surface area (Å²) in [5.41, 5.74) is -1.55. The maximum Gasteiger partial charge on any atom is 0.410 e. The predicted octanol–water partition coefficient (Wildman–Crippen LogP) is 1.88. The predicted molar refractivity (Wildman–Crippen MR) is 71.5 cm³/mol. The van der Waals surface area contributed by atoms with E-state index in [9.17, 15) is 14.7 Å². The molecule has 114 valence electrons. The van der Waals surface area contributed by atoms with E-state index in [0.717, 1.165) is 12.8 Å². The van der Waals surface area contributed by atoms with Crippen LogP contribution in [0.25, 0.3) is 0 Å². The van der Waals surface area contributed by atoms with Crippen molar-refractivity contribution in [3.05, 3.63) is 0 Å². The second-order valence-electron chi connectivity index (χ2n) is 6.61. The van der Waals surface area contributed by atoms with Crippen LogP contribution < -0.4 is 0 Å². The number of carbonyl (C=O) groups excluding carboxylic acids is 1. The van der Waals surface area contributed by atoms with E-state index in [1.807, 2.05) is 0 Å². The highest BCUT2D eigenvalue weighted by atomic mass is 16.6. The van der Waals surface area contributed by atoms with Crippen LogP contribution in [0.1, 0.15) is 40.0 Å². The molecule has 2 aliphatic rings. The molecule has 2 rings (SSSR count). The molecule has 0 radical (unpaired) electrons. The molecule has 0 bridgehead atoms. The Morgan fingerprint density at radius 3 is 2.60 bits per heavy atom. The van der Waals surface area contributed by atoms with Crippen molar-refractivity contribution >= 4 is 12.1 Å². The molecule has 0 spiro atoms. The molecule has 6 nitrogen and oxygen atoms in total. The molecule has 0 aromatic heterocycles. The number of hydrogen-bond donors (Lipinski definition) is 1. The highest BCUT2D eigenvalue weighted by Gasteiger charge is 2.53. The van der Waals surface area contributed by atoms with Crippen molar-refractivity contribution in [1.29, 1.82) is 0 Å². The van der Waals surface area contributed by atoms with E-state index in [1.165, 1.54) is 4.90 Å². The minimum absolute atomic E-state index is 0.169. The third-order valence-corrected chi connectivity index (χ3v) is 3.92. The van der Waals surface area contributed by atoms with Gasteiger partial charge in [0, 0.05) is 19.7 Å². The summed E-state index contributed by atoms with van der Waals surface area (Å²) in [5.74, 6) is -0.879. The summed E-state index contributed by atoms with van der Waals surface area (Å²) in [6.45, 7) is 6.57. The molecule has 6 heteroatoms. The molecule has 2 unspecified atom stereocenters. The molecule has 0 aliphatic carbocycles. The van der Waals surface area contributed by atoms with Crippen LogP contribution in [-0.2, 0) is 14.3 Å². The fourth-order valence-electron chi connectivity index (χ4n) is 2.90. The van der Waals surface area contributed by atoms with Gasteiger partial charge in [0.1, 0.15) is 11.0 Å². The van der Waals surface area contributed by atoms with Gasteiger partial charge in [0.25, 0.3) is 0 Å². The van der Waals surface area contributed by atoms with Gasteiger partial charge in [-0.1, -0.05) is 0 Å². The Morgan fingerprint density at radius 2 is 2.10 bits per heavy atom. The van der Waals surface area contributed by atoms with Crippen LogP contribution in [0.4, 0.5) is 4.79 Å². The minimum atomic E-state index is -0.979. The van der Waals surface area contributed by atoms with Crippen molar-refractivity contribution in [2.45, 2.75) is 51.7 Å². The number of amides is 1. The first-order chi connectivity index (χ1) is 9.24. The Hall–Kier alpha value is -1.30. The zero-order valence-electron chi connectivity index (χ0n) is 12.3. The number of nitrogens with zero attached hydrogens (tertiary/aromatic N) is 1. The quantitative estimate of drug-likeness (QED) is 0.838. The van der Waals surface area contributed by atoms with Crippen molar-refractivity contribution in [3.63, 3.8) is 0 Å². The molecule has 2 aliphatic heterocycles. The summed E-state index contributed by atoms with van der Waals surface area (Å²) >= 11 is 0. The first-order valence-electron chi connectivity index (χ1n) is 7.07. The molecule has 20 heavy (non-hydrogen) atoms. The molecule has 0 aromatic rings. The largest absolute Gasteiger partial charge is 0.481 e. The fourth-order valence-corrected chi connectivity index (χ4v) is 2.90. The molecular weight excluding hydrogens is 262 g/mol. The summed E-state index contributed by atoms with van der Waals surface area (Å²) in [4.78, 5) is 25.2.